The summed E-state index contributed by atoms with van der Waals surface area (Å²) in [5.74, 6) is 0.686. The second kappa shape index (κ2) is 3.17. The molecule has 1 aromatic rings. The van der Waals surface area contributed by atoms with Crippen LogP contribution < -0.4 is 5.46 Å². The zero-order chi connectivity index (χ0) is 10.2. The van der Waals surface area contributed by atoms with Gasteiger partial charge in [0.05, 0.1) is 5.76 Å². The van der Waals surface area contributed by atoms with Crippen molar-refractivity contribution >= 4 is 12.6 Å². The fourth-order valence-corrected chi connectivity index (χ4v) is 1.37. The Morgan fingerprint density at radius 2 is 1.86 bits per heavy atom. The zero-order valence-electron chi connectivity index (χ0n) is 8.49. The highest BCUT2D eigenvalue weighted by molar-refractivity contribution is 6.62. The Labute approximate surface area is 84.7 Å². The molecule has 0 aliphatic carbocycles. The van der Waals surface area contributed by atoms with Crippen molar-refractivity contribution in [2.75, 3.05) is 0 Å². The van der Waals surface area contributed by atoms with Gasteiger partial charge in [0.25, 0.3) is 0 Å². The molecule has 0 atom stereocenters. The third-order valence-electron chi connectivity index (χ3n) is 2.39. The second-order valence-corrected chi connectivity index (χ2v) is 3.91. The lowest BCUT2D eigenvalue weighted by Gasteiger charge is -2.15. The minimum absolute atomic E-state index is 0.307. The fraction of sp³-hybridized carbons (Fsp3) is 0.273. The molecule has 1 aliphatic heterocycles. The molecule has 72 valence electrons. The molecular formula is C11H13BO2. The van der Waals surface area contributed by atoms with Crippen LogP contribution in [0, 0.1) is 0 Å². The smallest absolute Gasteiger partial charge is 0.534 e. The SMILES string of the molecule is C=C1OB(c2ccccc2)OC1(C)C. The molecule has 0 amide bonds. The van der Waals surface area contributed by atoms with Gasteiger partial charge in [0.2, 0.25) is 0 Å². The summed E-state index contributed by atoms with van der Waals surface area (Å²) >= 11 is 0. The quantitative estimate of drug-likeness (QED) is 0.624. The molecule has 0 radical (unpaired) electrons. The normalized spacial score (nSPS) is 19.6. The van der Waals surface area contributed by atoms with Gasteiger partial charge in [-0.3, -0.25) is 0 Å². The first-order chi connectivity index (χ1) is 6.59. The number of hydrogen-bond acceptors (Lipinski definition) is 2. The van der Waals surface area contributed by atoms with E-state index < -0.39 is 0 Å². The summed E-state index contributed by atoms with van der Waals surface area (Å²) in [6, 6.07) is 9.88. The summed E-state index contributed by atoms with van der Waals surface area (Å²) in [5.41, 5.74) is 0.639. The minimum Gasteiger partial charge on any atom is -0.534 e. The number of rotatable bonds is 1. The van der Waals surface area contributed by atoms with Crippen LogP contribution in [-0.2, 0) is 9.31 Å². The van der Waals surface area contributed by atoms with Gasteiger partial charge >= 0.3 is 7.12 Å². The van der Waals surface area contributed by atoms with Crippen LogP contribution in [0.3, 0.4) is 0 Å². The van der Waals surface area contributed by atoms with Crippen LogP contribution in [0.5, 0.6) is 0 Å². The van der Waals surface area contributed by atoms with Crippen LogP contribution in [-0.4, -0.2) is 12.7 Å². The monoisotopic (exact) mass is 188 g/mol. The van der Waals surface area contributed by atoms with Gasteiger partial charge in [-0.15, -0.1) is 0 Å². The average Bonchev–Trinajstić information content (AvgIpc) is 2.43. The molecule has 14 heavy (non-hydrogen) atoms. The highest BCUT2D eigenvalue weighted by Gasteiger charge is 2.42. The molecule has 1 saturated heterocycles. The first-order valence-electron chi connectivity index (χ1n) is 4.68. The van der Waals surface area contributed by atoms with E-state index in [1.807, 2.05) is 44.2 Å². The molecule has 1 heterocycles. The third kappa shape index (κ3) is 1.55. The minimum atomic E-state index is -0.388. The molecule has 0 spiro atoms. The van der Waals surface area contributed by atoms with Gasteiger partial charge in [-0.05, 0) is 19.3 Å². The second-order valence-electron chi connectivity index (χ2n) is 3.91. The maximum atomic E-state index is 5.73. The summed E-state index contributed by atoms with van der Waals surface area (Å²) in [4.78, 5) is 0. The molecule has 2 nitrogen and oxygen atoms in total. The van der Waals surface area contributed by atoms with E-state index in [9.17, 15) is 0 Å². The van der Waals surface area contributed by atoms with E-state index in [0.717, 1.165) is 5.46 Å². The van der Waals surface area contributed by atoms with Crippen LogP contribution in [0.25, 0.3) is 0 Å². The average molecular weight is 188 g/mol. The molecule has 1 aromatic carbocycles. The lowest BCUT2D eigenvalue weighted by molar-refractivity contribution is 0.173. The number of hydrogen-bond donors (Lipinski definition) is 0. The summed E-state index contributed by atoms with van der Waals surface area (Å²) in [6.07, 6.45) is 0. The van der Waals surface area contributed by atoms with E-state index >= 15 is 0 Å². The van der Waals surface area contributed by atoms with Crippen LogP contribution in [0.2, 0.25) is 0 Å². The van der Waals surface area contributed by atoms with E-state index in [-0.39, 0.29) is 12.7 Å². The zero-order valence-corrected chi connectivity index (χ0v) is 8.49. The van der Waals surface area contributed by atoms with Crippen LogP contribution in [0.4, 0.5) is 0 Å². The Bertz CT molecular complexity index is 346. The molecule has 3 heteroatoms. The van der Waals surface area contributed by atoms with Crippen molar-refractivity contribution in [2.45, 2.75) is 19.4 Å². The largest absolute Gasteiger partial charge is 0.563 e. The van der Waals surface area contributed by atoms with Crippen LogP contribution >= 0.6 is 0 Å². The van der Waals surface area contributed by atoms with Crippen molar-refractivity contribution in [3.63, 3.8) is 0 Å². The first kappa shape index (κ1) is 9.34. The van der Waals surface area contributed by atoms with Gasteiger partial charge in [-0.25, -0.2) is 0 Å². The van der Waals surface area contributed by atoms with E-state index in [1.165, 1.54) is 0 Å². The standard InChI is InChI=1S/C11H13BO2/c1-9-11(2,3)14-12(13-9)10-7-5-4-6-8-10/h4-8H,1H2,2-3H3. The molecule has 0 bridgehead atoms. The van der Waals surface area contributed by atoms with Crippen molar-refractivity contribution in [3.05, 3.63) is 42.7 Å². The topological polar surface area (TPSA) is 18.5 Å². The number of benzene rings is 1. The van der Waals surface area contributed by atoms with Crippen molar-refractivity contribution in [1.29, 1.82) is 0 Å². The van der Waals surface area contributed by atoms with Gasteiger partial charge in [-0.2, -0.15) is 0 Å². The molecule has 0 saturated carbocycles. The van der Waals surface area contributed by atoms with Crippen molar-refractivity contribution in [2.24, 2.45) is 0 Å². The molecule has 0 N–H and O–H groups in total. The highest BCUT2D eigenvalue weighted by Crippen LogP contribution is 2.28. The predicted octanol–water partition coefficient (Wildman–Crippen LogP) is 1.72. The first-order valence-corrected chi connectivity index (χ1v) is 4.68. The highest BCUT2D eigenvalue weighted by atomic mass is 16.7. The molecular weight excluding hydrogens is 175 g/mol. The summed E-state index contributed by atoms with van der Waals surface area (Å²) < 4.78 is 11.3. The molecule has 0 unspecified atom stereocenters. The summed E-state index contributed by atoms with van der Waals surface area (Å²) in [5, 5.41) is 0. The molecule has 1 aliphatic rings. The van der Waals surface area contributed by atoms with Gasteiger partial charge in [0.1, 0.15) is 5.60 Å². The van der Waals surface area contributed by atoms with Gasteiger partial charge in [0.15, 0.2) is 0 Å². The Balaban J connectivity index is 2.21. The molecule has 1 fully saturated rings. The molecule has 0 aromatic heterocycles. The Hall–Kier alpha value is -1.22. The third-order valence-corrected chi connectivity index (χ3v) is 2.39. The van der Waals surface area contributed by atoms with Gasteiger partial charge in [-0.1, -0.05) is 36.9 Å². The molecule has 2 rings (SSSR count). The van der Waals surface area contributed by atoms with Gasteiger partial charge in [0, 0.05) is 0 Å². The summed E-state index contributed by atoms with van der Waals surface area (Å²) in [6.45, 7) is 7.75. The maximum Gasteiger partial charge on any atom is 0.563 e. The van der Waals surface area contributed by atoms with E-state index in [0.29, 0.717) is 5.76 Å². The van der Waals surface area contributed by atoms with Crippen molar-refractivity contribution in [1.82, 2.24) is 0 Å². The van der Waals surface area contributed by atoms with Crippen molar-refractivity contribution < 1.29 is 9.31 Å². The fourth-order valence-electron chi connectivity index (χ4n) is 1.37. The Morgan fingerprint density at radius 3 is 2.36 bits per heavy atom. The predicted molar refractivity (Wildman–Crippen MR) is 57.2 cm³/mol. The van der Waals surface area contributed by atoms with E-state index in [1.54, 1.807) is 0 Å². The van der Waals surface area contributed by atoms with Crippen molar-refractivity contribution in [3.8, 4) is 0 Å². The lowest BCUT2D eigenvalue weighted by Crippen LogP contribution is -2.34. The van der Waals surface area contributed by atoms with Crippen LogP contribution in [0.1, 0.15) is 13.8 Å². The Kier molecular flexibility index (Phi) is 2.12. The Morgan fingerprint density at radius 1 is 1.21 bits per heavy atom. The van der Waals surface area contributed by atoms with E-state index in [4.69, 9.17) is 9.31 Å². The maximum absolute atomic E-state index is 5.73. The lowest BCUT2D eigenvalue weighted by atomic mass is 9.79. The summed E-state index contributed by atoms with van der Waals surface area (Å²) in [7, 11) is -0.307. The van der Waals surface area contributed by atoms with Gasteiger partial charge < -0.3 is 9.31 Å². The van der Waals surface area contributed by atoms with E-state index in [2.05, 4.69) is 6.58 Å². The van der Waals surface area contributed by atoms with Crippen LogP contribution in [0.15, 0.2) is 42.7 Å².